The standard InChI is InChI=1S/C36H28N2Si/c1-39(2)32-23-12-11-22-31(32)33-34(28-19-13-18-27(24-28)25-14-5-3-6-15-25)37-35(38-36(33)39)30-21-10-9-20-29(30)26-16-7-4-8-17-26/h3-24H,1-2H3. The lowest BCUT2D eigenvalue weighted by molar-refractivity contribution is 1.21. The fourth-order valence-corrected chi connectivity index (χ4v) is 8.81. The zero-order chi connectivity index (χ0) is 26.4. The average Bonchev–Trinajstić information content (AvgIpc) is 3.24. The van der Waals surface area contributed by atoms with Crippen LogP contribution in [-0.2, 0) is 0 Å². The molecule has 0 aliphatic carbocycles. The van der Waals surface area contributed by atoms with Gasteiger partial charge in [-0.3, -0.25) is 0 Å². The molecule has 7 rings (SSSR count). The van der Waals surface area contributed by atoms with Gasteiger partial charge in [0.05, 0.1) is 5.69 Å². The first-order valence-electron chi connectivity index (χ1n) is 13.4. The van der Waals surface area contributed by atoms with Crippen molar-refractivity contribution < 1.29 is 0 Å². The summed E-state index contributed by atoms with van der Waals surface area (Å²) in [5.74, 6) is 0.793. The number of hydrogen-bond acceptors (Lipinski definition) is 2. The molecule has 0 fully saturated rings. The molecular weight excluding hydrogens is 488 g/mol. The number of aromatic nitrogens is 2. The summed E-state index contributed by atoms with van der Waals surface area (Å²) in [6, 6.07) is 47.3. The first kappa shape index (κ1) is 23.5. The molecule has 0 saturated carbocycles. The van der Waals surface area contributed by atoms with Crippen LogP contribution in [0.25, 0.3) is 56.0 Å². The van der Waals surface area contributed by atoms with Gasteiger partial charge in [-0.15, -0.1) is 0 Å². The Morgan fingerprint density at radius 2 is 1.03 bits per heavy atom. The highest BCUT2D eigenvalue weighted by molar-refractivity contribution is 7.03. The third-order valence-corrected chi connectivity index (χ3v) is 11.2. The van der Waals surface area contributed by atoms with Gasteiger partial charge in [-0.2, -0.15) is 0 Å². The van der Waals surface area contributed by atoms with E-state index in [-0.39, 0.29) is 0 Å². The van der Waals surface area contributed by atoms with Crippen LogP contribution in [-0.4, -0.2) is 18.0 Å². The third kappa shape index (κ3) is 3.94. The molecule has 39 heavy (non-hydrogen) atoms. The Hall–Kier alpha value is -4.60. The minimum Gasteiger partial charge on any atom is -0.237 e. The van der Waals surface area contributed by atoms with Gasteiger partial charge in [0.2, 0.25) is 0 Å². The van der Waals surface area contributed by atoms with Crippen LogP contribution in [0.5, 0.6) is 0 Å². The molecule has 1 aromatic heterocycles. The molecule has 0 bridgehead atoms. The van der Waals surface area contributed by atoms with E-state index in [1.807, 2.05) is 0 Å². The quantitative estimate of drug-likeness (QED) is 0.222. The molecule has 0 saturated heterocycles. The molecule has 0 atom stereocenters. The van der Waals surface area contributed by atoms with E-state index >= 15 is 0 Å². The van der Waals surface area contributed by atoms with Crippen molar-refractivity contribution in [1.29, 1.82) is 0 Å². The summed E-state index contributed by atoms with van der Waals surface area (Å²) in [6.07, 6.45) is 0. The molecule has 0 unspecified atom stereocenters. The maximum atomic E-state index is 5.39. The second-order valence-corrected chi connectivity index (χ2v) is 14.9. The Morgan fingerprint density at radius 3 is 1.77 bits per heavy atom. The van der Waals surface area contributed by atoms with Gasteiger partial charge in [0.25, 0.3) is 0 Å². The van der Waals surface area contributed by atoms with Gasteiger partial charge in [0.15, 0.2) is 5.82 Å². The molecule has 1 aliphatic heterocycles. The van der Waals surface area contributed by atoms with E-state index in [2.05, 4.69) is 147 Å². The number of nitrogens with zero attached hydrogens (tertiary/aromatic N) is 2. The first-order chi connectivity index (χ1) is 19.1. The van der Waals surface area contributed by atoms with Gasteiger partial charge in [-0.1, -0.05) is 140 Å². The van der Waals surface area contributed by atoms with E-state index in [1.165, 1.54) is 38.3 Å². The fourth-order valence-electron chi connectivity index (χ4n) is 5.90. The highest BCUT2D eigenvalue weighted by atomic mass is 28.3. The first-order valence-corrected chi connectivity index (χ1v) is 16.4. The topological polar surface area (TPSA) is 25.8 Å². The van der Waals surface area contributed by atoms with Gasteiger partial charge >= 0.3 is 0 Å². The molecule has 3 heteroatoms. The highest BCUT2D eigenvalue weighted by Crippen LogP contribution is 2.38. The van der Waals surface area contributed by atoms with Crippen molar-refractivity contribution in [2.45, 2.75) is 13.1 Å². The largest absolute Gasteiger partial charge is 0.237 e. The molecule has 0 spiro atoms. The molecule has 6 aromatic rings. The van der Waals surface area contributed by atoms with Crippen molar-refractivity contribution in [3.05, 3.63) is 133 Å². The van der Waals surface area contributed by atoms with Gasteiger partial charge in [0, 0.05) is 22.0 Å². The van der Waals surface area contributed by atoms with Gasteiger partial charge < -0.3 is 0 Å². The van der Waals surface area contributed by atoms with Crippen molar-refractivity contribution >= 4 is 18.6 Å². The Bertz CT molecular complexity index is 1830. The van der Waals surface area contributed by atoms with E-state index in [9.17, 15) is 0 Å². The summed E-state index contributed by atoms with van der Waals surface area (Å²) in [6.45, 7) is 4.84. The van der Waals surface area contributed by atoms with Gasteiger partial charge in [-0.05, 0) is 39.1 Å². The van der Waals surface area contributed by atoms with E-state index in [0.29, 0.717) is 0 Å². The lowest BCUT2D eigenvalue weighted by atomic mass is 9.96. The number of rotatable bonds is 4. The molecule has 0 radical (unpaired) electrons. The van der Waals surface area contributed by atoms with Crippen LogP contribution in [0.15, 0.2) is 133 Å². The summed E-state index contributed by atoms with van der Waals surface area (Å²) in [5.41, 5.74) is 10.4. The van der Waals surface area contributed by atoms with Crippen LogP contribution in [0.3, 0.4) is 0 Å². The number of fused-ring (bicyclic) bond motifs is 3. The van der Waals surface area contributed by atoms with Crippen LogP contribution >= 0.6 is 0 Å². The molecule has 0 N–H and O–H groups in total. The van der Waals surface area contributed by atoms with Crippen LogP contribution in [0, 0.1) is 0 Å². The Kier molecular flexibility index (Phi) is 5.61. The van der Waals surface area contributed by atoms with Gasteiger partial charge in [-0.25, -0.2) is 9.97 Å². The molecule has 1 aliphatic rings. The lowest BCUT2D eigenvalue weighted by Gasteiger charge is -2.19. The minimum absolute atomic E-state index is 0.793. The summed E-state index contributed by atoms with van der Waals surface area (Å²) in [7, 11) is -2.04. The second-order valence-electron chi connectivity index (χ2n) is 10.6. The monoisotopic (exact) mass is 516 g/mol. The third-order valence-electron chi connectivity index (χ3n) is 7.87. The number of benzene rings is 5. The molecule has 186 valence electrons. The van der Waals surface area contributed by atoms with Crippen molar-refractivity contribution in [2.75, 3.05) is 0 Å². The molecule has 0 amide bonds. The smallest absolute Gasteiger partial charge is 0.160 e. The van der Waals surface area contributed by atoms with Gasteiger partial charge in [0.1, 0.15) is 8.07 Å². The number of hydrogen-bond donors (Lipinski definition) is 0. The normalized spacial score (nSPS) is 13.1. The maximum Gasteiger partial charge on any atom is 0.160 e. The van der Waals surface area contributed by atoms with Crippen molar-refractivity contribution in [2.24, 2.45) is 0 Å². The van der Waals surface area contributed by atoms with E-state index in [1.54, 1.807) is 0 Å². The maximum absolute atomic E-state index is 5.39. The minimum atomic E-state index is -2.04. The lowest BCUT2D eigenvalue weighted by Crippen LogP contribution is -2.50. The summed E-state index contributed by atoms with van der Waals surface area (Å²) in [5, 5.41) is 2.65. The van der Waals surface area contributed by atoms with E-state index < -0.39 is 8.07 Å². The molecule has 2 heterocycles. The molecule has 5 aromatic carbocycles. The van der Waals surface area contributed by atoms with Crippen molar-refractivity contribution in [3.8, 4) is 56.0 Å². The zero-order valence-electron chi connectivity index (χ0n) is 22.1. The zero-order valence-corrected chi connectivity index (χ0v) is 23.1. The highest BCUT2D eigenvalue weighted by Gasteiger charge is 2.41. The predicted octanol–water partition coefficient (Wildman–Crippen LogP) is 7.95. The summed E-state index contributed by atoms with van der Waals surface area (Å²) in [4.78, 5) is 10.8. The van der Waals surface area contributed by atoms with E-state index in [0.717, 1.165) is 28.2 Å². The van der Waals surface area contributed by atoms with Crippen LogP contribution in [0.1, 0.15) is 0 Å². The molecular formula is C36H28N2Si. The average molecular weight is 517 g/mol. The van der Waals surface area contributed by atoms with Crippen LogP contribution in [0.2, 0.25) is 13.1 Å². The SMILES string of the molecule is C[Si]1(C)c2ccccc2-c2c(-c3cccc(-c4ccccc4)c3)nc(-c3ccccc3-c3ccccc3)nc21. The molecule has 2 nitrogen and oxygen atoms in total. The van der Waals surface area contributed by atoms with E-state index in [4.69, 9.17) is 9.97 Å². The Morgan fingerprint density at radius 1 is 0.462 bits per heavy atom. The van der Waals surface area contributed by atoms with Crippen LogP contribution < -0.4 is 10.5 Å². The Balaban J connectivity index is 1.51. The van der Waals surface area contributed by atoms with Crippen LogP contribution in [0.4, 0.5) is 0 Å². The predicted molar refractivity (Wildman–Crippen MR) is 166 cm³/mol. The van der Waals surface area contributed by atoms with Crippen molar-refractivity contribution in [1.82, 2.24) is 9.97 Å². The van der Waals surface area contributed by atoms with Crippen molar-refractivity contribution in [3.63, 3.8) is 0 Å². The fraction of sp³-hybridized carbons (Fsp3) is 0.0556. The summed E-state index contributed by atoms with van der Waals surface area (Å²) < 4.78 is 0. The summed E-state index contributed by atoms with van der Waals surface area (Å²) >= 11 is 0. The Labute approximate surface area is 230 Å². The second kappa shape index (κ2) is 9.30.